The van der Waals surface area contributed by atoms with Crippen LogP contribution in [0.15, 0.2) is 72.8 Å². The van der Waals surface area contributed by atoms with Crippen LogP contribution in [0, 0.1) is 0 Å². The van der Waals surface area contributed by atoms with E-state index in [4.69, 9.17) is 16.3 Å². The molecule has 0 amide bonds. The van der Waals surface area contributed by atoms with Gasteiger partial charge >= 0.3 is 0 Å². The minimum Gasteiger partial charge on any atom is -0.457 e. The fraction of sp³-hybridized carbons (Fsp3) is 0.125. The van der Waals surface area contributed by atoms with E-state index in [1.54, 1.807) is 72.8 Å². The summed E-state index contributed by atoms with van der Waals surface area (Å²) in [6.45, 7) is 1.51. The lowest BCUT2D eigenvalue weighted by atomic mass is 10.0. The molecule has 3 rings (SSSR count). The maximum absolute atomic E-state index is 12.4. The predicted octanol–water partition coefficient (Wildman–Crippen LogP) is 6.18. The Kier molecular flexibility index (Phi) is 6.57. The van der Waals surface area contributed by atoms with Crippen LogP contribution in [-0.4, -0.2) is 17.3 Å². The Bertz CT molecular complexity index is 1040. The zero-order chi connectivity index (χ0) is 20.8. The molecule has 0 heterocycles. The SMILES string of the molecule is CC(=O)c1ccc(Oc2ccc(C(=O)CCC(=O)c3ccccc3Cl)cc2)cc1. The van der Waals surface area contributed by atoms with Crippen molar-refractivity contribution in [2.45, 2.75) is 19.8 Å². The van der Waals surface area contributed by atoms with E-state index in [0.717, 1.165) is 0 Å². The molecule has 3 aromatic rings. The van der Waals surface area contributed by atoms with Gasteiger partial charge in [-0.1, -0.05) is 23.7 Å². The van der Waals surface area contributed by atoms with Crippen molar-refractivity contribution in [3.8, 4) is 11.5 Å². The highest BCUT2D eigenvalue weighted by atomic mass is 35.5. The standard InChI is InChI=1S/C24H19ClO4/c1-16(26)17-6-10-19(11-7-17)29-20-12-8-18(9-13-20)23(27)14-15-24(28)21-4-2-3-5-22(21)25/h2-13H,14-15H2,1H3. The summed E-state index contributed by atoms with van der Waals surface area (Å²) in [5.41, 5.74) is 1.56. The molecular weight excluding hydrogens is 388 g/mol. The van der Waals surface area contributed by atoms with Gasteiger partial charge in [0, 0.05) is 29.5 Å². The summed E-state index contributed by atoms with van der Waals surface area (Å²) >= 11 is 6.02. The number of halogens is 1. The minimum absolute atomic E-state index is 0.00701. The molecule has 0 saturated carbocycles. The van der Waals surface area contributed by atoms with Crippen LogP contribution < -0.4 is 4.74 Å². The van der Waals surface area contributed by atoms with Crippen LogP contribution >= 0.6 is 11.6 Å². The third kappa shape index (κ3) is 5.39. The van der Waals surface area contributed by atoms with Crippen molar-refractivity contribution in [2.75, 3.05) is 0 Å². The normalized spacial score (nSPS) is 10.4. The molecule has 4 nitrogen and oxygen atoms in total. The third-order valence-electron chi connectivity index (χ3n) is 4.43. The molecule has 0 atom stereocenters. The van der Waals surface area contributed by atoms with Gasteiger partial charge in [0.15, 0.2) is 17.3 Å². The molecule has 0 spiro atoms. The predicted molar refractivity (Wildman–Crippen MR) is 112 cm³/mol. The van der Waals surface area contributed by atoms with Crippen LogP contribution in [0.25, 0.3) is 0 Å². The maximum atomic E-state index is 12.4. The van der Waals surface area contributed by atoms with Gasteiger partial charge in [0.25, 0.3) is 0 Å². The molecular formula is C24H19ClO4. The number of carbonyl (C=O) groups is 3. The van der Waals surface area contributed by atoms with Crippen LogP contribution in [0.1, 0.15) is 50.8 Å². The van der Waals surface area contributed by atoms with Crippen LogP contribution in [0.4, 0.5) is 0 Å². The van der Waals surface area contributed by atoms with E-state index in [-0.39, 0.29) is 30.2 Å². The summed E-state index contributed by atoms with van der Waals surface area (Å²) in [6.07, 6.45) is 0.208. The van der Waals surface area contributed by atoms with E-state index < -0.39 is 0 Å². The van der Waals surface area contributed by atoms with E-state index >= 15 is 0 Å². The number of hydrogen-bond acceptors (Lipinski definition) is 4. The Labute approximate surface area is 174 Å². The fourth-order valence-electron chi connectivity index (χ4n) is 2.80. The van der Waals surface area contributed by atoms with E-state index in [0.29, 0.717) is 33.2 Å². The fourth-order valence-corrected chi connectivity index (χ4v) is 3.04. The van der Waals surface area contributed by atoms with Gasteiger partial charge in [0.05, 0.1) is 5.02 Å². The molecule has 0 aliphatic rings. The van der Waals surface area contributed by atoms with Gasteiger partial charge in [-0.05, 0) is 67.6 Å². The average molecular weight is 407 g/mol. The second-order valence-electron chi connectivity index (χ2n) is 6.53. The Morgan fingerprint density at radius 2 is 1.24 bits per heavy atom. The quantitative estimate of drug-likeness (QED) is 0.419. The summed E-state index contributed by atoms with van der Waals surface area (Å²) in [5.74, 6) is 0.886. The topological polar surface area (TPSA) is 60.4 Å². The number of ether oxygens (including phenoxy) is 1. The largest absolute Gasteiger partial charge is 0.457 e. The van der Waals surface area contributed by atoms with Crippen LogP contribution in [0.3, 0.4) is 0 Å². The van der Waals surface area contributed by atoms with E-state index in [1.165, 1.54) is 6.92 Å². The van der Waals surface area contributed by atoms with Crippen LogP contribution in [0.5, 0.6) is 11.5 Å². The number of hydrogen-bond donors (Lipinski definition) is 0. The number of carbonyl (C=O) groups excluding carboxylic acids is 3. The molecule has 5 heteroatoms. The van der Waals surface area contributed by atoms with Crippen molar-refractivity contribution in [3.05, 3.63) is 94.5 Å². The number of benzene rings is 3. The molecule has 0 radical (unpaired) electrons. The lowest BCUT2D eigenvalue weighted by molar-refractivity contribution is 0.0917. The number of Topliss-reactive ketones (excluding diaryl/α,β-unsaturated/α-hetero) is 3. The highest BCUT2D eigenvalue weighted by Crippen LogP contribution is 2.23. The lowest BCUT2D eigenvalue weighted by Crippen LogP contribution is -2.05. The van der Waals surface area contributed by atoms with Crippen molar-refractivity contribution in [3.63, 3.8) is 0 Å². The zero-order valence-electron chi connectivity index (χ0n) is 15.9. The molecule has 146 valence electrons. The van der Waals surface area contributed by atoms with Crippen molar-refractivity contribution in [1.29, 1.82) is 0 Å². The third-order valence-corrected chi connectivity index (χ3v) is 4.76. The summed E-state index contributed by atoms with van der Waals surface area (Å²) in [5, 5.41) is 0.391. The summed E-state index contributed by atoms with van der Waals surface area (Å²) in [4.78, 5) is 35.9. The van der Waals surface area contributed by atoms with Crippen LogP contribution in [0.2, 0.25) is 5.02 Å². The first kappa shape index (κ1) is 20.5. The van der Waals surface area contributed by atoms with Gasteiger partial charge in [-0.3, -0.25) is 14.4 Å². The zero-order valence-corrected chi connectivity index (χ0v) is 16.6. The van der Waals surface area contributed by atoms with Gasteiger partial charge in [-0.15, -0.1) is 0 Å². The Morgan fingerprint density at radius 1 is 0.724 bits per heavy atom. The first-order valence-electron chi connectivity index (χ1n) is 9.14. The molecule has 0 aliphatic heterocycles. The summed E-state index contributed by atoms with van der Waals surface area (Å²) in [6, 6.07) is 20.4. The minimum atomic E-state index is -0.155. The van der Waals surface area contributed by atoms with Gasteiger partial charge in [-0.25, -0.2) is 0 Å². The average Bonchev–Trinajstić information content (AvgIpc) is 2.73. The highest BCUT2D eigenvalue weighted by Gasteiger charge is 2.13. The Hall–Kier alpha value is -3.24. The lowest BCUT2D eigenvalue weighted by Gasteiger charge is -2.07. The maximum Gasteiger partial charge on any atom is 0.164 e. The molecule has 0 unspecified atom stereocenters. The molecule has 0 aliphatic carbocycles. The molecule has 0 aromatic heterocycles. The van der Waals surface area contributed by atoms with Crippen molar-refractivity contribution >= 4 is 29.0 Å². The second kappa shape index (κ2) is 9.30. The van der Waals surface area contributed by atoms with Gasteiger partial charge < -0.3 is 4.74 Å². The number of rotatable bonds is 8. The number of ketones is 3. The smallest absolute Gasteiger partial charge is 0.164 e. The molecule has 0 N–H and O–H groups in total. The van der Waals surface area contributed by atoms with Crippen molar-refractivity contribution in [2.24, 2.45) is 0 Å². The Balaban J connectivity index is 1.58. The molecule has 29 heavy (non-hydrogen) atoms. The first-order valence-corrected chi connectivity index (χ1v) is 9.51. The Morgan fingerprint density at radius 3 is 1.79 bits per heavy atom. The van der Waals surface area contributed by atoms with E-state index in [1.807, 2.05) is 0 Å². The van der Waals surface area contributed by atoms with Crippen molar-refractivity contribution in [1.82, 2.24) is 0 Å². The first-order chi connectivity index (χ1) is 13.9. The molecule has 0 saturated heterocycles. The van der Waals surface area contributed by atoms with Crippen molar-refractivity contribution < 1.29 is 19.1 Å². The summed E-state index contributed by atoms with van der Waals surface area (Å²) < 4.78 is 5.73. The molecule has 0 fully saturated rings. The van der Waals surface area contributed by atoms with Gasteiger partial charge in [-0.2, -0.15) is 0 Å². The second-order valence-corrected chi connectivity index (χ2v) is 6.94. The van der Waals surface area contributed by atoms with Gasteiger partial charge in [0.1, 0.15) is 11.5 Å². The summed E-state index contributed by atoms with van der Waals surface area (Å²) in [7, 11) is 0. The molecule has 0 bridgehead atoms. The van der Waals surface area contributed by atoms with E-state index in [9.17, 15) is 14.4 Å². The highest BCUT2D eigenvalue weighted by molar-refractivity contribution is 6.34. The molecule has 3 aromatic carbocycles. The monoisotopic (exact) mass is 406 g/mol. The van der Waals surface area contributed by atoms with E-state index in [2.05, 4.69) is 0 Å². The van der Waals surface area contributed by atoms with Crippen LogP contribution in [-0.2, 0) is 0 Å². The van der Waals surface area contributed by atoms with Gasteiger partial charge in [0.2, 0.25) is 0 Å².